The average molecular weight is 232 g/mol. The van der Waals surface area contributed by atoms with E-state index in [0.717, 1.165) is 0 Å². The van der Waals surface area contributed by atoms with Crippen LogP contribution in [-0.2, 0) is 9.53 Å². The van der Waals surface area contributed by atoms with E-state index in [-0.39, 0.29) is 24.3 Å². The van der Waals surface area contributed by atoms with E-state index >= 15 is 0 Å². The molecule has 1 amide bonds. The Labute approximate surface area is 97.6 Å². The quantitative estimate of drug-likeness (QED) is 0.601. The summed E-state index contributed by atoms with van der Waals surface area (Å²) in [6, 6.07) is 0. The maximum atomic E-state index is 12.1. The van der Waals surface area contributed by atoms with Gasteiger partial charge in [-0.1, -0.05) is 13.8 Å². The van der Waals surface area contributed by atoms with Crippen molar-refractivity contribution in [1.29, 1.82) is 0 Å². The Kier molecular flexibility index (Phi) is 8.15. The van der Waals surface area contributed by atoms with Crippen molar-refractivity contribution in [3.8, 4) is 0 Å². The standard InChI is InChI=1S/C11H24N2O3/c1-9(2)10(8-12)11(15)13(4-6-14)5-7-16-3/h9-10,14H,4-8,12H2,1-3H3. The monoisotopic (exact) mass is 232 g/mol. The minimum atomic E-state index is -0.177. The third-order valence-electron chi connectivity index (χ3n) is 2.62. The average Bonchev–Trinajstić information content (AvgIpc) is 2.24. The number of carbonyl (C=O) groups excluding carboxylic acids is 1. The summed E-state index contributed by atoms with van der Waals surface area (Å²) in [6.07, 6.45) is 0. The van der Waals surface area contributed by atoms with Crippen LogP contribution < -0.4 is 5.73 Å². The number of nitrogens with zero attached hydrogens (tertiary/aromatic N) is 1. The molecule has 0 rings (SSSR count). The van der Waals surface area contributed by atoms with E-state index in [2.05, 4.69) is 0 Å². The molecule has 5 nitrogen and oxygen atoms in total. The molecule has 0 aliphatic rings. The Morgan fingerprint density at radius 1 is 1.44 bits per heavy atom. The molecule has 0 aromatic rings. The molecule has 96 valence electrons. The van der Waals surface area contributed by atoms with Gasteiger partial charge in [0.25, 0.3) is 0 Å². The number of aliphatic hydroxyl groups excluding tert-OH is 1. The highest BCUT2D eigenvalue weighted by atomic mass is 16.5. The van der Waals surface area contributed by atoms with Crippen LogP contribution in [0.3, 0.4) is 0 Å². The zero-order chi connectivity index (χ0) is 12.6. The Morgan fingerprint density at radius 2 is 2.06 bits per heavy atom. The molecule has 0 aliphatic heterocycles. The van der Waals surface area contributed by atoms with Crippen molar-refractivity contribution in [2.24, 2.45) is 17.6 Å². The summed E-state index contributed by atoms with van der Waals surface area (Å²) in [6.45, 7) is 5.56. The van der Waals surface area contributed by atoms with E-state index in [0.29, 0.717) is 26.2 Å². The summed E-state index contributed by atoms with van der Waals surface area (Å²) in [4.78, 5) is 13.7. The number of aliphatic hydroxyl groups is 1. The molecule has 1 atom stereocenters. The van der Waals surface area contributed by atoms with Gasteiger partial charge in [0.05, 0.1) is 19.1 Å². The molecule has 0 saturated heterocycles. The maximum Gasteiger partial charge on any atom is 0.227 e. The lowest BCUT2D eigenvalue weighted by molar-refractivity contribution is -0.137. The summed E-state index contributed by atoms with van der Waals surface area (Å²) in [5.74, 6) is 0.0354. The Morgan fingerprint density at radius 3 is 2.44 bits per heavy atom. The number of ether oxygens (including phenoxy) is 1. The van der Waals surface area contributed by atoms with Crippen LogP contribution in [0.4, 0.5) is 0 Å². The molecule has 5 heteroatoms. The number of hydrogen-bond donors (Lipinski definition) is 2. The lowest BCUT2D eigenvalue weighted by Gasteiger charge is -2.27. The van der Waals surface area contributed by atoms with Crippen LogP contribution in [0, 0.1) is 11.8 Å². The molecular weight excluding hydrogens is 208 g/mol. The van der Waals surface area contributed by atoms with Gasteiger partial charge < -0.3 is 20.5 Å². The van der Waals surface area contributed by atoms with E-state index in [1.807, 2.05) is 13.8 Å². The molecule has 16 heavy (non-hydrogen) atoms. The number of amides is 1. The summed E-state index contributed by atoms with van der Waals surface area (Å²) < 4.78 is 4.94. The van der Waals surface area contributed by atoms with Crippen LogP contribution in [0.5, 0.6) is 0 Å². The lowest BCUT2D eigenvalue weighted by atomic mass is 9.94. The maximum absolute atomic E-state index is 12.1. The molecule has 0 bridgehead atoms. The molecule has 1 unspecified atom stereocenters. The summed E-state index contributed by atoms with van der Waals surface area (Å²) >= 11 is 0. The van der Waals surface area contributed by atoms with E-state index in [9.17, 15) is 4.79 Å². The Hall–Kier alpha value is -0.650. The van der Waals surface area contributed by atoms with Crippen LogP contribution in [0.2, 0.25) is 0 Å². The summed E-state index contributed by atoms with van der Waals surface area (Å²) in [5, 5.41) is 8.91. The first-order valence-electron chi connectivity index (χ1n) is 5.67. The fourth-order valence-electron chi connectivity index (χ4n) is 1.55. The highest BCUT2D eigenvalue weighted by molar-refractivity contribution is 5.79. The van der Waals surface area contributed by atoms with Crippen LogP contribution >= 0.6 is 0 Å². The van der Waals surface area contributed by atoms with E-state index in [1.165, 1.54) is 0 Å². The van der Waals surface area contributed by atoms with Crippen molar-refractivity contribution in [2.45, 2.75) is 13.8 Å². The third-order valence-corrected chi connectivity index (χ3v) is 2.62. The van der Waals surface area contributed by atoms with Gasteiger partial charge in [-0.15, -0.1) is 0 Å². The van der Waals surface area contributed by atoms with Crippen molar-refractivity contribution in [3.05, 3.63) is 0 Å². The smallest absolute Gasteiger partial charge is 0.227 e. The zero-order valence-corrected chi connectivity index (χ0v) is 10.5. The number of carbonyl (C=O) groups is 1. The predicted molar refractivity (Wildman–Crippen MR) is 62.9 cm³/mol. The fraction of sp³-hybridized carbons (Fsp3) is 0.909. The molecule has 0 radical (unpaired) electrons. The van der Waals surface area contributed by atoms with Gasteiger partial charge >= 0.3 is 0 Å². The molecular formula is C11H24N2O3. The molecule has 0 aliphatic carbocycles. The van der Waals surface area contributed by atoms with Crippen molar-refractivity contribution in [2.75, 3.05) is 40.0 Å². The first-order chi connectivity index (χ1) is 7.58. The summed E-state index contributed by atoms with van der Waals surface area (Å²) in [5.41, 5.74) is 5.60. The minimum Gasteiger partial charge on any atom is -0.395 e. The van der Waals surface area contributed by atoms with Crippen LogP contribution in [0.25, 0.3) is 0 Å². The van der Waals surface area contributed by atoms with E-state index in [4.69, 9.17) is 15.6 Å². The van der Waals surface area contributed by atoms with Gasteiger partial charge in [-0.2, -0.15) is 0 Å². The molecule has 0 aromatic heterocycles. The first-order valence-corrected chi connectivity index (χ1v) is 5.67. The molecule has 0 saturated carbocycles. The normalized spacial score (nSPS) is 12.9. The molecule has 0 spiro atoms. The second kappa shape index (κ2) is 8.50. The first kappa shape index (κ1) is 15.3. The SMILES string of the molecule is COCCN(CCO)C(=O)C(CN)C(C)C. The van der Waals surface area contributed by atoms with Gasteiger partial charge in [0.15, 0.2) is 0 Å². The highest BCUT2D eigenvalue weighted by Crippen LogP contribution is 2.12. The van der Waals surface area contributed by atoms with E-state index in [1.54, 1.807) is 12.0 Å². The van der Waals surface area contributed by atoms with Gasteiger partial charge in [-0.25, -0.2) is 0 Å². The minimum absolute atomic E-state index is 0.00333. The Balaban J connectivity index is 4.44. The topological polar surface area (TPSA) is 75.8 Å². The van der Waals surface area contributed by atoms with Gasteiger partial charge in [-0.05, 0) is 5.92 Å². The largest absolute Gasteiger partial charge is 0.395 e. The summed E-state index contributed by atoms with van der Waals surface area (Å²) in [7, 11) is 1.59. The molecule has 0 heterocycles. The van der Waals surface area contributed by atoms with Crippen molar-refractivity contribution in [1.82, 2.24) is 4.90 Å². The fourth-order valence-corrected chi connectivity index (χ4v) is 1.55. The van der Waals surface area contributed by atoms with Crippen LogP contribution in [0.15, 0.2) is 0 Å². The lowest BCUT2D eigenvalue weighted by Crippen LogP contribution is -2.44. The van der Waals surface area contributed by atoms with Gasteiger partial charge in [0.2, 0.25) is 5.91 Å². The number of rotatable bonds is 8. The second-order valence-electron chi connectivity index (χ2n) is 4.13. The number of methoxy groups -OCH3 is 1. The van der Waals surface area contributed by atoms with Gasteiger partial charge in [-0.3, -0.25) is 4.79 Å². The van der Waals surface area contributed by atoms with Gasteiger partial charge in [0, 0.05) is 26.7 Å². The van der Waals surface area contributed by atoms with Crippen LogP contribution in [0.1, 0.15) is 13.8 Å². The Bertz CT molecular complexity index is 198. The van der Waals surface area contributed by atoms with Crippen molar-refractivity contribution >= 4 is 5.91 Å². The predicted octanol–water partition coefficient (Wildman–Crippen LogP) is -0.315. The molecule has 0 fully saturated rings. The highest BCUT2D eigenvalue weighted by Gasteiger charge is 2.25. The van der Waals surface area contributed by atoms with Crippen molar-refractivity contribution in [3.63, 3.8) is 0 Å². The second-order valence-corrected chi connectivity index (χ2v) is 4.13. The number of nitrogens with two attached hydrogens (primary N) is 1. The van der Waals surface area contributed by atoms with Gasteiger partial charge in [0.1, 0.15) is 0 Å². The van der Waals surface area contributed by atoms with Crippen molar-refractivity contribution < 1.29 is 14.6 Å². The van der Waals surface area contributed by atoms with E-state index < -0.39 is 0 Å². The number of hydrogen-bond acceptors (Lipinski definition) is 4. The molecule has 0 aromatic carbocycles. The van der Waals surface area contributed by atoms with Crippen LogP contribution in [-0.4, -0.2) is 55.9 Å². The third kappa shape index (κ3) is 4.92. The zero-order valence-electron chi connectivity index (χ0n) is 10.5. The molecule has 3 N–H and O–H groups in total.